The summed E-state index contributed by atoms with van der Waals surface area (Å²) in [6, 6.07) is 9.74. The van der Waals surface area contributed by atoms with E-state index in [1.165, 1.54) is 14.2 Å². The maximum absolute atomic E-state index is 11.6. The van der Waals surface area contributed by atoms with Gasteiger partial charge < -0.3 is 9.47 Å². The molecule has 1 heterocycles. The van der Waals surface area contributed by atoms with Gasteiger partial charge in [0.1, 0.15) is 22.5 Å². The van der Waals surface area contributed by atoms with Crippen molar-refractivity contribution in [1.82, 2.24) is 10.3 Å². The Bertz CT molecular complexity index is 1260. The number of aldehydes is 4. The molecular weight excluding hydrogens is 428 g/mol. The second-order valence-electron chi connectivity index (χ2n) is 6.97. The van der Waals surface area contributed by atoms with E-state index in [0.29, 0.717) is 58.4 Å². The normalized spacial score (nSPS) is 10.6. The van der Waals surface area contributed by atoms with Crippen LogP contribution in [0, 0.1) is 0 Å². The van der Waals surface area contributed by atoms with Crippen LogP contribution in [0.5, 0.6) is 11.5 Å². The first-order valence-electron chi connectivity index (χ1n) is 9.60. The number of carbonyl (C=O) groups is 4. The zero-order valence-corrected chi connectivity index (χ0v) is 17.5. The topological polar surface area (TPSA) is 126 Å². The molecule has 164 valence electrons. The van der Waals surface area contributed by atoms with Crippen molar-refractivity contribution in [1.29, 1.82) is 0 Å². The van der Waals surface area contributed by atoms with Crippen molar-refractivity contribution >= 4 is 36.2 Å². The van der Waals surface area contributed by atoms with E-state index in [0.717, 1.165) is 0 Å². The van der Waals surface area contributed by atoms with Gasteiger partial charge in [0, 0.05) is 11.1 Å². The van der Waals surface area contributed by atoms with E-state index < -0.39 is 0 Å². The Morgan fingerprint density at radius 2 is 0.970 bits per heavy atom. The summed E-state index contributed by atoms with van der Waals surface area (Å²) in [5.41, 5.74) is 3.71. The summed E-state index contributed by atoms with van der Waals surface area (Å²) >= 11 is 0. The van der Waals surface area contributed by atoms with E-state index in [-0.39, 0.29) is 33.8 Å². The Morgan fingerprint density at radius 3 is 1.24 bits per heavy atom. The largest absolute Gasteiger partial charge is 0.495 e. The Kier molecular flexibility index (Phi) is 5.77. The summed E-state index contributed by atoms with van der Waals surface area (Å²) in [5, 5.41) is 7.99. The first kappa shape index (κ1) is 21.6. The van der Waals surface area contributed by atoms with Crippen molar-refractivity contribution < 1.29 is 33.3 Å². The lowest BCUT2D eigenvalue weighted by atomic mass is 9.94. The van der Waals surface area contributed by atoms with Crippen molar-refractivity contribution in [2.45, 2.75) is 0 Å². The summed E-state index contributed by atoms with van der Waals surface area (Å²) in [7, 11) is 2.75. The fourth-order valence-electron chi connectivity index (χ4n) is 3.81. The van der Waals surface area contributed by atoms with Gasteiger partial charge in [-0.25, -0.2) is 4.63 Å². The minimum absolute atomic E-state index is 0.177. The average molecular weight is 444 g/mol. The van der Waals surface area contributed by atoms with Gasteiger partial charge in [0.2, 0.25) is 0 Å². The number of rotatable bonds is 8. The molecule has 0 aliphatic rings. The van der Waals surface area contributed by atoms with Crippen molar-refractivity contribution in [3.8, 4) is 33.8 Å². The van der Waals surface area contributed by atoms with Gasteiger partial charge in [-0.05, 0) is 45.7 Å². The highest BCUT2D eigenvalue weighted by atomic mass is 16.6. The van der Waals surface area contributed by atoms with Gasteiger partial charge in [0.05, 0.1) is 36.5 Å². The molecule has 4 aromatic rings. The number of carbonyl (C=O) groups excluding carboxylic acids is 4. The molecule has 0 saturated heterocycles. The van der Waals surface area contributed by atoms with Crippen LogP contribution in [-0.2, 0) is 0 Å². The molecule has 9 nitrogen and oxygen atoms in total. The zero-order chi connectivity index (χ0) is 23.5. The molecule has 0 fully saturated rings. The first-order valence-corrected chi connectivity index (χ1v) is 9.60. The molecular formula is C24H16N2O7. The molecule has 4 rings (SSSR count). The number of methoxy groups -OCH3 is 2. The second-order valence-corrected chi connectivity index (χ2v) is 6.97. The van der Waals surface area contributed by atoms with Crippen LogP contribution in [0.1, 0.15) is 41.4 Å². The van der Waals surface area contributed by atoms with Crippen molar-refractivity contribution in [2.75, 3.05) is 14.2 Å². The molecule has 0 radical (unpaired) electrons. The number of aromatic nitrogens is 2. The summed E-state index contributed by atoms with van der Waals surface area (Å²) in [6.07, 6.45) is 2.39. The third-order valence-corrected chi connectivity index (χ3v) is 5.25. The number of benzene rings is 3. The Balaban J connectivity index is 1.95. The molecule has 0 atom stereocenters. The molecule has 9 heteroatoms. The standard InChI is InChI=1S/C24H16N2O7/c1-31-23-15(9-27)5-13(6-16(23)10-28)19-3-4-20(22-21(19)25-33-26-22)14-7-17(11-29)24(32-2)18(8-14)12-30/h3-12H,1-2H3. The summed E-state index contributed by atoms with van der Waals surface area (Å²) in [6.45, 7) is 0. The van der Waals surface area contributed by atoms with Crippen molar-refractivity contribution in [3.63, 3.8) is 0 Å². The summed E-state index contributed by atoms with van der Waals surface area (Å²) < 4.78 is 15.3. The van der Waals surface area contributed by atoms with Gasteiger partial charge in [0.25, 0.3) is 0 Å². The van der Waals surface area contributed by atoms with Crippen LogP contribution in [0.2, 0.25) is 0 Å². The molecule has 0 unspecified atom stereocenters. The van der Waals surface area contributed by atoms with Gasteiger partial charge in [-0.15, -0.1) is 0 Å². The highest BCUT2D eigenvalue weighted by Crippen LogP contribution is 2.38. The van der Waals surface area contributed by atoms with Gasteiger partial charge in [-0.3, -0.25) is 19.2 Å². The molecule has 0 spiro atoms. The number of fused-ring (bicyclic) bond motifs is 1. The van der Waals surface area contributed by atoms with Crippen LogP contribution in [0.25, 0.3) is 33.3 Å². The van der Waals surface area contributed by atoms with Gasteiger partial charge in [-0.1, -0.05) is 12.1 Å². The Morgan fingerprint density at radius 1 is 0.636 bits per heavy atom. The predicted molar refractivity (Wildman–Crippen MR) is 117 cm³/mol. The minimum Gasteiger partial charge on any atom is -0.495 e. The highest BCUT2D eigenvalue weighted by molar-refractivity contribution is 6.03. The van der Waals surface area contributed by atoms with Crippen LogP contribution in [0.3, 0.4) is 0 Å². The third kappa shape index (κ3) is 3.55. The van der Waals surface area contributed by atoms with Gasteiger partial charge in [0.15, 0.2) is 25.1 Å². The predicted octanol–water partition coefficient (Wildman–Crippen LogP) is 3.82. The smallest absolute Gasteiger partial charge is 0.153 e. The molecule has 0 saturated carbocycles. The SMILES string of the molecule is COc1c(C=O)cc(-c2ccc(-c3cc(C=O)c(OC)c(C=O)c3)c3nonc23)cc1C=O. The van der Waals surface area contributed by atoms with E-state index in [1.54, 1.807) is 36.4 Å². The van der Waals surface area contributed by atoms with Crippen molar-refractivity contribution in [3.05, 3.63) is 58.7 Å². The Labute approximate surface area is 186 Å². The monoisotopic (exact) mass is 444 g/mol. The fourth-order valence-corrected chi connectivity index (χ4v) is 3.81. The lowest BCUT2D eigenvalue weighted by Gasteiger charge is -2.12. The second kappa shape index (κ2) is 8.83. The van der Waals surface area contributed by atoms with E-state index in [1.807, 2.05) is 0 Å². The molecule has 1 aromatic heterocycles. The van der Waals surface area contributed by atoms with Gasteiger partial charge >= 0.3 is 0 Å². The summed E-state index contributed by atoms with van der Waals surface area (Å²) in [4.78, 5) is 46.2. The van der Waals surface area contributed by atoms with E-state index in [9.17, 15) is 19.2 Å². The Hall–Kier alpha value is -4.66. The quantitative estimate of drug-likeness (QED) is 0.373. The van der Waals surface area contributed by atoms with Crippen LogP contribution >= 0.6 is 0 Å². The van der Waals surface area contributed by atoms with Gasteiger partial charge in [-0.2, -0.15) is 0 Å². The molecule has 0 aliphatic carbocycles. The lowest BCUT2D eigenvalue weighted by molar-refractivity contribution is 0.110. The van der Waals surface area contributed by atoms with Crippen LogP contribution < -0.4 is 9.47 Å². The average Bonchev–Trinajstić information content (AvgIpc) is 3.36. The molecule has 3 aromatic carbocycles. The van der Waals surface area contributed by atoms with E-state index in [4.69, 9.17) is 14.1 Å². The molecule has 0 amide bonds. The number of nitrogens with zero attached hydrogens (tertiary/aromatic N) is 2. The number of hydrogen-bond acceptors (Lipinski definition) is 9. The summed E-state index contributed by atoms with van der Waals surface area (Å²) in [5.74, 6) is 0.354. The fraction of sp³-hybridized carbons (Fsp3) is 0.0833. The zero-order valence-electron chi connectivity index (χ0n) is 17.5. The number of ether oxygens (including phenoxy) is 2. The minimum atomic E-state index is 0.177. The molecule has 0 N–H and O–H groups in total. The molecule has 0 bridgehead atoms. The van der Waals surface area contributed by atoms with E-state index in [2.05, 4.69) is 10.3 Å². The molecule has 33 heavy (non-hydrogen) atoms. The van der Waals surface area contributed by atoms with Crippen LogP contribution in [0.4, 0.5) is 0 Å². The third-order valence-electron chi connectivity index (χ3n) is 5.25. The first-order chi connectivity index (χ1) is 16.1. The van der Waals surface area contributed by atoms with Crippen molar-refractivity contribution in [2.24, 2.45) is 0 Å². The molecule has 0 aliphatic heterocycles. The lowest BCUT2D eigenvalue weighted by Crippen LogP contribution is -1.98. The van der Waals surface area contributed by atoms with E-state index >= 15 is 0 Å². The van der Waals surface area contributed by atoms with Crippen LogP contribution in [0.15, 0.2) is 41.0 Å². The van der Waals surface area contributed by atoms with Crippen LogP contribution in [-0.4, -0.2) is 49.7 Å². The maximum atomic E-state index is 11.6. The highest BCUT2D eigenvalue weighted by Gasteiger charge is 2.20. The number of hydrogen-bond donors (Lipinski definition) is 0. The maximum Gasteiger partial charge on any atom is 0.153 e.